The van der Waals surface area contributed by atoms with Gasteiger partial charge in [0.15, 0.2) is 0 Å². The van der Waals surface area contributed by atoms with E-state index < -0.39 is 0 Å². The highest BCUT2D eigenvalue weighted by Gasteiger charge is 2.14. The first-order valence-corrected chi connectivity index (χ1v) is 7.79. The Morgan fingerprint density at radius 3 is 2.89 bits per heavy atom. The van der Waals surface area contributed by atoms with Crippen LogP contribution in [0.1, 0.15) is 29.1 Å². The van der Waals surface area contributed by atoms with Crippen LogP contribution in [-0.2, 0) is 19.9 Å². The molecule has 104 valence electrons. The maximum Gasteiger partial charge on any atom is 0.0847 e. The number of nitrogens with zero attached hydrogens (tertiary/aromatic N) is 2. The van der Waals surface area contributed by atoms with Gasteiger partial charge >= 0.3 is 0 Å². The molecule has 2 rings (SSSR count). The highest BCUT2D eigenvalue weighted by Crippen LogP contribution is 2.21. The minimum absolute atomic E-state index is 0.146. The second kappa shape index (κ2) is 6.55. The molecule has 0 fully saturated rings. The van der Waals surface area contributed by atoms with Crippen LogP contribution in [0.3, 0.4) is 0 Å². The molecule has 19 heavy (non-hydrogen) atoms. The Morgan fingerprint density at radius 2 is 2.32 bits per heavy atom. The summed E-state index contributed by atoms with van der Waals surface area (Å²) in [6.07, 6.45) is 4.04. The number of hydrogen-bond acceptors (Lipinski definition) is 3. The van der Waals surface area contributed by atoms with Crippen molar-refractivity contribution in [1.29, 1.82) is 0 Å². The van der Waals surface area contributed by atoms with Crippen LogP contribution in [-0.4, -0.2) is 15.8 Å². The predicted octanol–water partition coefficient (Wildman–Crippen LogP) is 3.34. The van der Waals surface area contributed by atoms with Gasteiger partial charge < -0.3 is 5.73 Å². The van der Waals surface area contributed by atoms with Crippen LogP contribution in [0.2, 0.25) is 5.02 Å². The molecule has 0 saturated heterocycles. The fourth-order valence-electron chi connectivity index (χ4n) is 2.25. The summed E-state index contributed by atoms with van der Waals surface area (Å²) in [5, 5.41) is 7.19. The van der Waals surface area contributed by atoms with E-state index >= 15 is 0 Å². The minimum Gasteiger partial charge on any atom is -0.327 e. The largest absolute Gasteiger partial charge is 0.327 e. The molecule has 0 saturated carbocycles. The lowest BCUT2D eigenvalue weighted by Gasteiger charge is -2.11. The van der Waals surface area contributed by atoms with Gasteiger partial charge in [0, 0.05) is 24.4 Å². The SMILES string of the molecule is Cc1nn(C)c(CC(N)CCCc2cccs2)c1Cl. The van der Waals surface area contributed by atoms with E-state index in [0.29, 0.717) is 0 Å². The number of aromatic nitrogens is 2. The topological polar surface area (TPSA) is 43.8 Å². The predicted molar refractivity (Wildman–Crippen MR) is 81.9 cm³/mol. The first-order chi connectivity index (χ1) is 9.08. The third kappa shape index (κ3) is 3.81. The summed E-state index contributed by atoms with van der Waals surface area (Å²) >= 11 is 8.05. The fraction of sp³-hybridized carbons (Fsp3) is 0.500. The van der Waals surface area contributed by atoms with Crippen molar-refractivity contribution in [1.82, 2.24) is 9.78 Å². The summed E-state index contributed by atoms with van der Waals surface area (Å²) in [5.41, 5.74) is 8.12. The van der Waals surface area contributed by atoms with Crippen molar-refractivity contribution in [3.05, 3.63) is 38.8 Å². The van der Waals surface area contributed by atoms with Crippen LogP contribution < -0.4 is 5.73 Å². The van der Waals surface area contributed by atoms with Gasteiger partial charge in [0.05, 0.1) is 16.4 Å². The van der Waals surface area contributed by atoms with E-state index in [1.54, 1.807) is 0 Å². The van der Waals surface area contributed by atoms with Gasteiger partial charge in [-0.3, -0.25) is 4.68 Å². The molecular formula is C14H20ClN3S. The third-order valence-corrected chi connectivity index (χ3v) is 4.72. The molecular weight excluding hydrogens is 278 g/mol. The Balaban J connectivity index is 1.82. The highest BCUT2D eigenvalue weighted by molar-refractivity contribution is 7.09. The smallest absolute Gasteiger partial charge is 0.0847 e. The van der Waals surface area contributed by atoms with Gasteiger partial charge in [0.1, 0.15) is 0 Å². The van der Waals surface area contributed by atoms with Crippen LogP contribution in [0, 0.1) is 6.92 Å². The Morgan fingerprint density at radius 1 is 1.53 bits per heavy atom. The zero-order chi connectivity index (χ0) is 13.8. The van der Waals surface area contributed by atoms with Crippen molar-refractivity contribution in [3.63, 3.8) is 0 Å². The molecule has 0 amide bonds. The van der Waals surface area contributed by atoms with E-state index in [9.17, 15) is 0 Å². The average Bonchev–Trinajstić information content (AvgIpc) is 2.94. The van der Waals surface area contributed by atoms with Crippen LogP contribution in [0.5, 0.6) is 0 Å². The zero-order valence-electron chi connectivity index (χ0n) is 11.4. The summed E-state index contributed by atoms with van der Waals surface area (Å²) < 4.78 is 1.84. The Kier molecular flexibility index (Phi) is 5.02. The summed E-state index contributed by atoms with van der Waals surface area (Å²) in [6, 6.07) is 4.42. The van der Waals surface area contributed by atoms with Gasteiger partial charge in [-0.05, 0) is 37.6 Å². The lowest BCUT2D eigenvalue weighted by Crippen LogP contribution is -2.24. The highest BCUT2D eigenvalue weighted by atomic mass is 35.5. The first kappa shape index (κ1) is 14.6. The number of hydrogen-bond donors (Lipinski definition) is 1. The number of nitrogens with two attached hydrogens (primary N) is 1. The Bertz CT molecular complexity index is 519. The van der Waals surface area contributed by atoms with E-state index in [1.807, 2.05) is 30.0 Å². The molecule has 2 heterocycles. The summed E-state index contributed by atoms with van der Waals surface area (Å²) in [5.74, 6) is 0. The monoisotopic (exact) mass is 297 g/mol. The maximum absolute atomic E-state index is 6.24. The normalized spacial score (nSPS) is 12.8. The third-order valence-electron chi connectivity index (χ3n) is 3.30. The summed E-state index contributed by atoms with van der Waals surface area (Å²) in [4.78, 5) is 1.43. The molecule has 0 aliphatic rings. The molecule has 0 aliphatic carbocycles. The zero-order valence-corrected chi connectivity index (χ0v) is 13.0. The summed E-state index contributed by atoms with van der Waals surface area (Å²) in [7, 11) is 1.92. The van der Waals surface area contributed by atoms with Gasteiger partial charge in [0.25, 0.3) is 0 Å². The first-order valence-electron chi connectivity index (χ1n) is 6.54. The number of rotatable bonds is 6. The quantitative estimate of drug-likeness (QED) is 0.889. The van der Waals surface area contributed by atoms with E-state index in [1.165, 1.54) is 4.88 Å². The second-order valence-corrected chi connectivity index (χ2v) is 6.32. The van der Waals surface area contributed by atoms with E-state index in [4.69, 9.17) is 17.3 Å². The van der Waals surface area contributed by atoms with E-state index in [0.717, 1.165) is 42.1 Å². The molecule has 0 spiro atoms. The van der Waals surface area contributed by atoms with Crippen molar-refractivity contribution >= 4 is 22.9 Å². The maximum atomic E-state index is 6.24. The number of halogens is 1. The van der Waals surface area contributed by atoms with Crippen LogP contribution >= 0.6 is 22.9 Å². The van der Waals surface area contributed by atoms with Gasteiger partial charge in [-0.15, -0.1) is 11.3 Å². The van der Waals surface area contributed by atoms with E-state index in [-0.39, 0.29) is 6.04 Å². The molecule has 1 unspecified atom stereocenters. The molecule has 5 heteroatoms. The standard InChI is InChI=1S/C14H20ClN3S/c1-10-14(15)13(18(2)17-10)9-11(16)5-3-6-12-7-4-8-19-12/h4,7-8,11H,3,5-6,9,16H2,1-2H3. The van der Waals surface area contributed by atoms with Crippen molar-refractivity contribution in [3.8, 4) is 0 Å². The lowest BCUT2D eigenvalue weighted by atomic mass is 10.0. The molecule has 2 aromatic heterocycles. The van der Waals surface area contributed by atoms with Gasteiger partial charge in [-0.1, -0.05) is 17.7 Å². The van der Waals surface area contributed by atoms with Gasteiger partial charge in [0.2, 0.25) is 0 Å². The second-order valence-electron chi connectivity index (χ2n) is 4.91. The lowest BCUT2D eigenvalue weighted by molar-refractivity contribution is 0.557. The summed E-state index contributed by atoms with van der Waals surface area (Å²) in [6.45, 7) is 1.92. The van der Waals surface area contributed by atoms with Crippen molar-refractivity contribution in [2.75, 3.05) is 0 Å². The fourth-order valence-corrected chi connectivity index (χ4v) is 3.23. The van der Waals surface area contributed by atoms with Crippen molar-refractivity contribution in [2.45, 2.75) is 38.6 Å². The Hall–Kier alpha value is -0.840. The molecule has 0 aliphatic heterocycles. The van der Waals surface area contributed by atoms with Gasteiger partial charge in [-0.2, -0.15) is 5.10 Å². The number of aryl methyl sites for hydroxylation is 3. The van der Waals surface area contributed by atoms with Crippen LogP contribution in [0.15, 0.2) is 17.5 Å². The average molecular weight is 298 g/mol. The molecule has 0 bridgehead atoms. The van der Waals surface area contributed by atoms with Crippen LogP contribution in [0.4, 0.5) is 0 Å². The number of thiophene rings is 1. The van der Waals surface area contributed by atoms with Crippen molar-refractivity contribution < 1.29 is 0 Å². The van der Waals surface area contributed by atoms with Gasteiger partial charge in [-0.25, -0.2) is 0 Å². The molecule has 3 nitrogen and oxygen atoms in total. The van der Waals surface area contributed by atoms with Crippen molar-refractivity contribution in [2.24, 2.45) is 12.8 Å². The molecule has 0 aromatic carbocycles. The minimum atomic E-state index is 0.146. The molecule has 2 aromatic rings. The van der Waals surface area contributed by atoms with E-state index in [2.05, 4.69) is 22.6 Å². The van der Waals surface area contributed by atoms with Crippen LogP contribution in [0.25, 0.3) is 0 Å². The molecule has 1 atom stereocenters. The Labute approximate surface area is 123 Å². The molecule has 2 N–H and O–H groups in total. The molecule has 0 radical (unpaired) electrons.